The summed E-state index contributed by atoms with van der Waals surface area (Å²) in [6.07, 6.45) is -4.14. The van der Waals surface area contributed by atoms with Crippen molar-refractivity contribution in [3.8, 4) is 5.75 Å². The number of hydrogen-bond acceptors (Lipinski definition) is 3. The first-order valence-corrected chi connectivity index (χ1v) is 9.24. The number of amides is 1. The molecular formula is C20H20ClF3N2O2. The second-order valence-electron chi connectivity index (χ2n) is 6.81. The minimum atomic E-state index is -4.41. The van der Waals surface area contributed by atoms with Crippen LogP contribution in [-0.4, -0.2) is 40.4 Å². The molecule has 0 aromatic heterocycles. The molecule has 0 bridgehead atoms. The van der Waals surface area contributed by atoms with Crippen LogP contribution in [-0.2, 0) is 24.1 Å². The maximum absolute atomic E-state index is 12.9. The SMILES string of the molecule is O=C1CCN(Cc2cc(Cl)ccc2O)CCN1Cc1cccc(C(F)(F)F)c1. The zero-order valence-corrected chi connectivity index (χ0v) is 15.8. The van der Waals surface area contributed by atoms with Gasteiger partial charge >= 0.3 is 6.18 Å². The van der Waals surface area contributed by atoms with E-state index < -0.39 is 11.7 Å². The maximum Gasteiger partial charge on any atom is 0.416 e. The number of aromatic hydroxyl groups is 1. The number of benzene rings is 2. The highest BCUT2D eigenvalue weighted by atomic mass is 35.5. The van der Waals surface area contributed by atoms with Crippen LogP contribution < -0.4 is 0 Å². The highest BCUT2D eigenvalue weighted by Gasteiger charge is 2.30. The Morgan fingerprint density at radius 3 is 2.57 bits per heavy atom. The van der Waals surface area contributed by atoms with E-state index in [2.05, 4.69) is 0 Å². The Morgan fingerprint density at radius 2 is 1.82 bits per heavy atom. The highest BCUT2D eigenvalue weighted by Crippen LogP contribution is 2.30. The lowest BCUT2D eigenvalue weighted by atomic mass is 10.1. The molecule has 1 aliphatic rings. The van der Waals surface area contributed by atoms with Gasteiger partial charge in [0.15, 0.2) is 0 Å². The summed E-state index contributed by atoms with van der Waals surface area (Å²) in [6, 6.07) is 9.87. The van der Waals surface area contributed by atoms with E-state index in [1.54, 1.807) is 23.1 Å². The van der Waals surface area contributed by atoms with E-state index in [1.807, 2.05) is 4.90 Å². The summed E-state index contributed by atoms with van der Waals surface area (Å²) in [4.78, 5) is 16.0. The van der Waals surface area contributed by atoms with E-state index in [1.165, 1.54) is 12.1 Å². The molecule has 4 nitrogen and oxygen atoms in total. The van der Waals surface area contributed by atoms with Crippen molar-refractivity contribution in [2.75, 3.05) is 19.6 Å². The molecule has 1 N–H and O–H groups in total. The second kappa shape index (κ2) is 8.41. The van der Waals surface area contributed by atoms with Crippen LogP contribution >= 0.6 is 11.6 Å². The van der Waals surface area contributed by atoms with Crippen LogP contribution in [0.25, 0.3) is 0 Å². The number of phenols is 1. The Labute approximate surface area is 166 Å². The van der Waals surface area contributed by atoms with E-state index in [9.17, 15) is 23.1 Å². The van der Waals surface area contributed by atoms with E-state index >= 15 is 0 Å². The van der Waals surface area contributed by atoms with E-state index in [4.69, 9.17) is 11.6 Å². The Bertz CT molecular complexity index is 858. The number of carbonyl (C=O) groups is 1. The summed E-state index contributed by atoms with van der Waals surface area (Å²) in [5.41, 5.74) is 0.403. The number of halogens is 4. The number of alkyl halides is 3. The van der Waals surface area contributed by atoms with E-state index in [0.29, 0.717) is 42.3 Å². The van der Waals surface area contributed by atoms with Crippen LogP contribution in [0.15, 0.2) is 42.5 Å². The van der Waals surface area contributed by atoms with Crippen LogP contribution in [0.2, 0.25) is 5.02 Å². The molecule has 28 heavy (non-hydrogen) atoms. The number of rotatable bonds is 4. The molecule has 0 spiro atoms. The van der Waals surface area contributed by atoms with Gasteiger partial charge in [-0.25, -0.2) is 0 Å². The van der Waals surface area contributed by atoms with Crippen molar-refractivity contribution < 1.29 is 23.1 Å². The first-order chi connectivity index (χ1) is 13.2. The Balaban J connectivity index is 1.66. The second-order valence-corrected chi connectivity index (χ2v) is 7.25. The molecule has 0 saturated carbocycles. The third kappa shape index (κ3) is 5.17. The van der Waals surface area contributed by atoms with Gasteiger partial charge in [-0.15, -0.1) is 0 Å². The van der Waals surface area contributed by atoms with E-state index in [-0.39, 0.29) is 24.6 Å². The zero-order chi connectivity index (χ0) is 20.3. The van der Waals surface area contributed by atoms with Gasteiger partial charge in [-0.2, -0.15) is 13.2 Å². The lowest BCUT2D eigenvalue weighted by Crippen LogP contribution is -2.32. The first kappa shape index (κ1) is 20.5. The molecule has 0 radical (unpaired) electrons. The molecule has 0 atom stereocenters. The molecule has 1 saturated heterocycles. The predicted molar refractivity (Wildman–Crippen MR) is 99.9 cm³/mol. The Hall–Kier alpha value is -2.25. The fourth-order valence-electron chi connectivity index (χ4n) is 3.22. The van der Waals surface area contributed by atoms with Crippen LogP contribution in [0.4, 0.5) is 13.2 Å². The number of nitrogens with zero attached hydrogens (tertiary/aromatic N) is 2. The van der Waals surface area contributed by atoms with Crippen molar-refractivity contribution in [3.63, 3.8) is 0 Å². The molecular weight excluding hydrogens is 393 g/mol. The van der Waals surface area contributed by atoms with Gasteiger partial charge in [-0.1, -0.05) is 23.7 Å². The van der Waals surface area contributed by atoms with Crippen molar-refractivity contribution in [3.05, 3.63) is 64.2 Å². The standard InChI is InChI=1S/C20H20ClF3N2O2/c21-17-4-5-18(27)15(11-17)13-25-7-6-19(28)26(9-8-25)12-14-2-1-3-16(10-14)20(22,23)24/h1-5,10-11,27H,6-9,12-13H2. The lowest BCUT2D eigenvalue weighted by molar-refractivity contribution is -0.137. The van der Waals surface area contributed by atoms with Gasteiger partial charge in [0.25, 0.3) is 0 Å². The largest absolute Gasteiger partial charge is 0.508 e. The molecule has 2 aromatic rings. The van der Waals surface area contributed by atoms with Gasteiger partial charge in [0.05, 0.1) is 5.56 Å². The van der Waals surface area contributed by atoms with Crippen molar-refractivity contribution in [1.29, 1.82) is 0 Å². The number of carbonyl (C=O) groups excluding carboxylic acids is 1. The third-order valence-corrected chi connectivity index (χ3v) is 4.98. The summed E-state index contributed by atoms with van der Waals surface area (Å²) in [6.45, 7) is 2.03. The fourth-order valence-corrected chi connectivity index (χ4v) is 3.42. The fraction of sp³-hybridized carbons (Fsp3) is 0.350. The van der Waals surface area contributed by atoms with Crippen molar-refractivity contribution in [2.45, 2.75) is 25.7 Å². The average molecular weight is 413 g/mol. The van der Waals surface area contributed by atoms with Crippen LogP contribution in [0.5, 0.6) is 5.75 Å². The lowest BCUT2D eigenvalue weighted by Gasteiger charge is -2.23. The van der Waals surface area contributed by atoms with Crippen LogP contribution in [0.1, 0.15) is 23.1 Å². The molecule has 1 heterocycles. The zero-order valence-electron chi connectivity index (χ0n) is 15.0. The summed E-state index contributed by atoms with van der Waals surface area (Å²) >= 11 is 5.98. The molecule has 1 fully saturated rings. The smallest absolute Gasteiger partial charge is 0.416 e. The highest BCUT2D eigenvalue weighted by molar-refractivity contribution is 6.30. The summed E-state index contributed by atoms with van der Waals surface area (Å²) < 4.78 is 38.7. The van der Waals surface area contributed by atoms with Gasteiger partial charge in [-0.05, 0) is 35.9 Å². The molecule has 1 amide bonds. The number of phenolic OH excluding ortho intramolecular Hbond substituents is 1. The summed E-state index contributed by atoms with van der Waals surface area (Å²) in [5.74, 6) is 0.0380. The molecule has 0 unspecified atom stereocenters. The molecule has 8 heteroatoms. The molecule has 0 aliphatic carbocycles. The minimum absolute atomic E-state index is 0.102. The van der Waals surface area contributed by atoms with Gasteiger partial charge in [0, 0.05) is 49.7 Å². The average Bonchev–Trinajstić information content (AvgIpc) is 2.80. The number of hydrogen-bond donors (Lipinski definition) is 1. The third-order valence-electron chi connectivity index (χ3n) is 4.74. The monoisotopic (exact) mass is 412 g/mol. The maximum atomic E-state index is 12.9. The molecule has 2 aromatic carbocycles. The molecule has 150 valence electrons. The van der Waals surface area contributed by atoms with Gasteiger partial charge in [0.1, 0.15) is 5.75 Å². The van der Waals surface area contributed by atoms with Gasteiger partial charge in [0.2, 0.25) is 5.91 Å². The molecule has 3 rings (SSSR count). The molecule has 1 aliphatic heterocycles. The Kier molecular flexibility index (Phi) is 6.15. The van der Waals surface area contributed by atoms with Crippen LogP contribution in [0, 0.1) is 0 Å². The quantitative estimate of drug-likeness (QED) is 0.814. The predicted octanol–water partition coefficient (Wildman–Crippen LogP) is 4.30. The minimum Gasteiger partial charge on any atom is -0.508 e. The van der Waals surface area contributed by atoms with Crippen molar-refractivity contribution >= 4 is 17.5 Å². The Morgan fingerprint density at radius 1 is 1.04 bits per heavy atom. The first-order valence-electron chi connectivity index (χ1n) is 8.86. The van der Waals surface area contributed by atoms with Crippen molar-refractivity contribution in [2.24, 2.45) is 0 Å². The van der Waals surface area contributed by atoms with Gasteiger partial charge < -0.3 is 10.0 Å². The summed E-state index contributed by atoms with van der Waals surface area (Å²) in [7, 11) is 0. The normalized spacial score (nSPS) is 16.3. The summed E-state index contributed by atoms with van der Waals surface area (Å²) in [5, 5.41) is 10.5. The van der Waals surface area contributed by atoms with Crippen LogP contribution in [0.3, 0.4) is 0 Å². The van der Waals surface area contributed by atoms with Gasteiger partial charge in [-0.3, -0.25) is 9.69 Å². The van der Waals surface area contributed by atoms with Crippen molar-refractivity contribution in [1.82, 2.24) is 9.80 Å². The van der Waals surface area contributed by atoms with E-state index in [0.717, 1.165) is 12.1 Å². The topological polar surface area (TPSA) is 43.8 Å².